The van der Waals surface area contributed by atoms with E-state index < -0.39 is 0 Å². The van der Waals surface area contributed by atoms with Crippen LogP contribution in [0.3, 0.4) is 0 Å². The number of hydrogen-bond donors (Lipinski definition) is 1. The normalized spacial score (nSPS) is 12.2. The van der Waals surface area contributed by atoms with Crippen molar-refractivity contribution in [3.63, 3.8) is 0 Å². The third-order valence-electron chi connectivity index (χ3n) is 8.00. The maximum atomic E-state index is 12.6. The molecule has 5 heteroatoms. The van der Waals surface area contributed by atoms with E-state index in [1.54, 1.807) is 0 Å². The first-order chi connectivity index (χ1) is 18.6. The number of nitrogens with zero attached hydrogens (tertiary/aromatic N) is 3. The highest BCUT2D eigenvalue weighted by molar-refractivity contribution is 5.88. The smallest absolute Gasteiger partial charge is 0.307 e. The predicted molar refractivity (Wildman–Crippen MR) is 169 cm³/mol. The maximum Gasteiger partial charge on any atom is 0.307 e. The molecule has 0 aliphatic rings. The van der Waals surface area contributed by atoms with Gasteiger partial charge >= 0.3 is 5.91 Å². The zero-order valence-electron chi connectivity index (χ0n) is 27.1. The van der Waals surface area contributed by atoms with Gasteiger partial charge in [-0.15, -0.1) is 0 Å². The van der Waals surface area contributed by atoms with Crippen molar-refractivity contribution in [1.82, 2.24) is 0 Å². The van der Waals surface area contributed by atoms with E-state index in [1.165, 1.54) is 109 Å². The van der Waals surface area contributed by atoms with E-state index in [0.29, 0.717) is 6.42 Å². The van der Waals surface area contributed by atoms with Crippen LogP contribution in [0.5, 0.6) is 0 Å². The van der Waals surface area contributed by atoms with E-state index in [1.807, 2.05) is 18.2 Å². The fourth-order valence-electron chi connectivity index (χ4n) is 5.25. The van der Waals surface area contributed by atoms with Gasteiger partial charge in [0.15, 0.2) is 0 Å². The molecule has 0 bridgehead atoms. The Balaban J connectivity index is 2.03. The first kappa shape index (κ1) is 35.6. The van der Waals surface area contributed by atoms with Crippen molar-refractivity contribution in [2.24, 2.45) is 0 Å². The number of anilines is 1. The van der Waals surface area contributed by atoms with Crippen LogP contribution in [0.2, 0.25) is 0 Å². The average Bonchev–Trinajstić information content (AvgIpc) is 2.87. The lowest BCUT2D eigenvalue weighted by atomic mass is 10.0. The van der Waals surface area contributed by atoms with Crippen molar-refractivity contribution in [2.75, 3.05) is 60.2 Å². The first-order valence-electron chi connectivity index (χ1n) is 16.5. The highest BCUT2D eigenvalue weighted by Gasteiger charge is 2.17. The van der Waals surface area contributed by atoms with E-state index in [-0.39, 0.29) is 5.91 Å². The van der Waals surface area contributed by atoms with Crippen LogP contribution < -0.4 is 9.88 Å². The molecule has 1 amide bonds. The lowest BCUT2D eigenvalue weighted by molar-refractivity contribution is -0.891. The summed E-state index contributed by atoms with van der Waals surface area (Å²) in [6, 6.07) is 6.03. The van der Waals surface area contributed by atoms with Crippen LogP contribution in [0.25, 0.3) is 0 Å². The Hall–Kier alpha value is -1.46. The van der Waals surface area contributed by atoms with E-state index in [9.17, 15) is 4.79 Å². The zero-order valence-corrected chi connectivity index (χ0v) is 27.1. The number of carbonyl (C=O) groups excluding carboxylic acids is 1. The van der Waals surface area contributed by atoms with Gasteiger partial charge in [0.25, 0.3) is 5.82 Å². The van der Waals surface area contributed by atoms with Gasteiger partial charge in [0.1, 0.15) is 13.1 Å². The molecule has 0 aliphatic heterocycles. The largest absolute Gasteiger partial charge is 0.328 e. The van der Waals surface area contributed by atoms with Gasteiger partial charge in [-0.05, 0) is 38.2 Å². The molecule has 1 rings (SSSR count). The molecule has 1 aromatic heterocycles. The van der Waals surface area contributed by atoms with Crippen LogP contribution in [0.15, 0.2) is 24.4 Å². The number of rotatable bonds is 25. The summed E-state index contributed by atoms with van der Waals surface area (Å²) >= 11 is 0. The highest BCUT2D eigenvalue weighted by Crippen LogP contribution is 2.14. The SMILES string of the molecule is CCCCCCCCCCCCCCCC[N+](C)(C)CCCCCC(=O)Nc1cccc[n+]1CC[N+](C)(C)C. The highest BCUT2D eigenvalue weighted by atomic mass is 16.1. The Bertz CT molecular complexity index is 741. The van der Waals surface area contributed by atoms with E-state index in [2.05, 4.69) is 58.2 Å². The lowest BCUT2D eigenvalue weighted by Gasteiger charge is -2.30. The molecule has 39 heavy (non-hydrogen) atoms. The molecular weight excluding hydrogens is 480 g/mol. The molecule has 0 radical (unpaired) electrons. The quantitative estimate of drug-likeness (QED) is 0.0758. The first-order valence-corrected chi connectivity index (χ1v) is 16.5. The van der Waals surface area contributed by atoms with Crippen LogP contribution in [0.4, 0.5) is 5.82 Å². The average molecular weight is 548 g/mol. The van der Waals surface area contributed by atoms with Gasteiger partial charge in [-0.1, -0.05) is 90.0 Å². The molecule has 1 aromatic rings. The number of carbonyl (C=O) groups is 1. The summed E-state index contributed by atoms with van der Waals surface area (Å²) in [5.74, 6) is 1.04. The molecule has 0 saturated carbocycles. The van der Waals surface area contributed by atoms with Crippen LogP contribution in [-0.4, -0.2) is 69.7 Å². The predicted octanol–water partition coefficient (Wildman–Crippen LogP) is 7.74. The summed E-state index contributed by atoms with van der Waals surface area (Å²) < 4.78 is 4.17. The van der Waals surface area contributed by atoms with Crippen molar-refractivity contribution >= 4 is 11.7 Å². The number of likely N-dealkylation sites (N-methyl/N-ethyl adjacent to an activating group) is 1. The Morgan fingerprint density at radius 3 is 1.67 bits per heavy atom. The molecule has 0 saturated heterocycles. The zero-order chi connectivity index (χ0) is 28.8. The molecule has 0 unspecified atom stereocenters. The summed E-state index contributed by atoms with van der Waals surface area (Å²) in [7, 11) is 11.3. The van der Waals surface area contributed by atoms with Gasteiger partial charge in [0.2, 0.25) is 0 Å². The fraction of sp³-hybridized carbons (Fsp3) is 0.824. The molecule has 0 spiro atoms. The number of nitrogens with one attached hydrogen (secondary N) is 1. The number of pyridine rings is 1. The number of amides is 1. The van der Waals surface area contributed by atoms with Crippen LogP contribution in [-0.2, 0) is 11.3 Å². The molecular formula is C34H67N4O+3. The van der Waals surface area contributed by atoms with Gasteiger partial charge in [0.05, 0.1) is 54.5 Å². The second-order valence-corrected chi connectivity index (χ2v) is 13.6. The molecule has 226 valence electrons. The topological polar surface area (TPSA) is 33.0 Å². The van der Waals surface area contributed by atoms with Gasteiger partial charge < -0.3 is 8.97 Å². The fourth-order valence-corrected chi connectivity index (χ4v) is 5.25. The Kier molecular flexibility index (Phi) is 19.4. The van der Waals surface area contributed by atoms with Crippen molar-refractivity contribution in [3.8, 4) is 0 Å². The summed E-state index contributed by atoms with van der Waals surface area (Å²) in [6.45, 7) is 6.70. The second-order valence-electron chi connectivity index (χ2n) is 13.6. The van der Waals surface area contributed by atoms with Crippen LogP contribution >= 0.6 is 0 Å². The van der Waals surface area contributed by atoms with Gasteiger partial charge in [-0.25, -0.2) is 14.7 Å². The van der Waals surface area contributed by atoms with E-state index >= 15 is 0 Å². The third kappa shape index (κ3) is 21.0. The second kappa shape index (κ2) is 21.3. The summed E-state index contributed by atoms with van der Waals surface area (Å²) in [4.78, 5) is 12.6. The molecule has 1 heterocycles. The maximum absolute atomic E-state index is 12.6. The Morgan fingerprint density at radius 1 is 0.667 bits per heavy atom. The van der Waals surface area contributed by atoms with E-state index in [4.69, 9.17) is 0 Å². The standard InChI is InChI=1S/C34H66N4O/c1-7-8-9-10-11-12-13-14-15-16-17-18-19-24-30-38(5,6)31-25-20-21-27-34(39)35-33-26-22-23-28-36(33)29-32-37(2,3)4/h22-23,26,28H,7-21,24-25,27,29-32H2,1-6H3/q+2/p+1. The summed E-state index contributed by atoms with van der Waals surface area (Å²) in [5, 5.41) is 3.14. The molecule has 0 aromatic carbocycles. The minimum Gasteiger partial charge on any atom is -0.328 e. The van der Waals surface area contributed by atoms with Crippen LogP contribution in [0.1, 0.15) is 122 Å². The minimum atomic E-state index is 0.136. The Labute approximate surface area is 243 Å². The molecule has 1 N–H and O–H groups in total. The van der Waals surface area contributed by atoms with Crippen molar-refractivity contribution in [2.45, 2.75) is 129 Å². The molecule has 0 atom stereocenters. The number of hydrogen-bond acceptors (Lipinski definition) is 1. The molecule has 0 aliphatic carbocycles. The lowest BCUT2D eigenvalue weighted by Crippen LogP contribution is -2.47. The summed E-state index contributed by atoms with van der Waals surface area (Å²) in [5.41, 5.74) is 0. The number of quaternary nitrogens is 2. The number of unbranched alkanes of at least 4 members (excludes halogenated alkanes) is 15. The minimum absolute atomic E-state index is 0.136. The monoisotopic (exact) mass is 548 g/mol. The van der Waals surface area contributed by atoms with Crippen LogP contribution in [0, 0.1) is 0 Å². The molecule has 5 nitrogen and oxygen atoms in total. The Morgan fingerprint density at radius 2 is 1.15 bits per heavy atom. The van der Waals surface area contributed by atoms with Gasteiger partial charge in [0, 0.05) is 12.5 Å². The third-order valence-corrected chi connectivity index (χ3v) is 8.00. The van der Waals surface area contributed by atoms with E-state index in [0.717, 1.165) is 40.7 Å². The van der Waals surface area contributed by atoms with Gasteiger partial charge in [-0.2, -0.15) is 0 Å². The molecule has 0 fully saturated rings. The van der Waals surface area contributed by atoms with Crippen molar-refractivity contribution in [3.05, 3.63) is 24.4 Å². The van der Waals surface area contributed by atoms with Crippen molar-refractivity contribution in [1.29, 1.82) is 0 Å². The van der Waals surface area contributed by atoms with Gasteiger partial charge in [-0.3, -0.25) is 0 Å². The number of aromatic nitrogens is 1. The van der Waals surface area contributed by atoms with Crippen molar-refractivity contribution < 1.29 is 18.3 Å². The summed E-state index contributed by atoms with van der Waals surface area (Å²) in [6.07, 6.45) is 25.9.